The van der Waals surface area contributed by atoms with Crippen LogP contribution in [-0.2, 0) is 4.79 Å². The van der Waals surface area contributed by atoms with E-state index >= 15 is 0 Å². The molecule has 0 aliphatic heterocycles. The van der Waals surface area contributed by atoms with Gasteiger partial charge < -0.3 is 15.3 Å². The van der Waals surface area contributed by atoms with E-state index in [2.05, 4.69) is 6.92 Å². The van der Waals surface area contributed by atoms with Gasteiger partial charge in [0, 0.05) is 6.42 Å². The van der Waals surface area contributed by atoms with Crippen LogP contribution < -0.4 is 0 Å². The summed E-state index contributed by atoms with van der Waals surface area (Å²) in [7, 11) is 0. The molecule has 4 nitrogen and oxygen atoms in total. The molecule has 0 fully saturated rings. The molecular formula is C30H60O4. The van der Waals surface area contributed by atoms with E-state index in [1.807, 2.05) is 0 Å². The van der Waals surface area contributed by atoms with Gasteiger partial charge in [0.05, 0.1) is 12.2 Å². The van der Waals surface area contributed by atoms with Crippen LogP contribution in [0.15, 0.2) is 0 Å². The van der Waals surface area contributed by atoms with E-state index in [9.17, 15) is 15.0 Å². The molecule has 0 aromatic rings. The first-order chi connectivity index (χ1) is 16.6. The maximum absolute atomic E-state index is 10.5. The van der Waals surface area contributed by atoms with Crippen LogP contribution in [-0.4, -0.2) is 33.5 Å². The van der Waals surface area contributed by atoms with Crippen LogP contribution in [0.4, 0.5) is 0 Å². The fraction of sp³-hybridized carbons (Fsp3) is 0.967. The molecule has 0 rings (SSSR count). The topological polar surface area (TPSA) is 77.8 Å². The zero-order chi connectivity index (χ0) is 25.1. The number of unbranched alkanes of at least 4 members (excludes halogenated alkanes) is 19. The van der Waals surface area contributed by atoms with Gasteiger partial charge in [-0.05, 0) is 32.1 Å². The average Bonchev–Trinajstić information content (AvgIpc) is 2.81. The number of rotatable bonds is 28. The predicted octanol–water partition coefficient (Wildman–Crippen LogP) is 8.96. The first-order valence-electron chi connectivity index (χ1n) is 15.1. The predicted molar refractivity (Wildman–Crippen MR) is 145 cm³/mol. The average molecular weight is 485 g/mol. The van der Waals surface area contributed by atoms with Gasteiger partial charge in [0.2, 0.25) is 0 Å². The summed E-state index contributed by atoms with van der Waals surface area (Å²) in [6, 6.07) is 0. The summed E-state index contributed by atoms with van der Waals surface area (Å²) >= 11 is 0. The van der Waals surface area contributed by atoms with Crippen LogP contribution in [0.5, 0.6) is 0 Å². The molecular weight excluding hydrogens is 424 g/mol. The molecule has 0 aliphatic rings. The van der Waals surface area contributed by atoms with Crippen molar-refractivity contribution in [3.05, 3.63) is 0 Å². The zero-order valence-electron chi connectivity index (χ0n) is 22.8. The molecule has 0 saturated carbocycles. The Kier molecular flexibility index (Phi) is 26.5. The van der Waals surface area contributed by atoms with Crippen molar-refractivity contribution in [2.75, 3.05) is 0 Å². The fourth-order valence-corrected chi connectivity index (χ4v) is 4.79. The fourth-order valence-electron chi connectivity index (χ4n) is 4.79. The van der Waals surface area contributed by atoms with Gasteiger partial charge in [0.25, 0.3) is 0 Å². The maximum Gasteiger partial charge on any atom is 0.303 e. The summed E-state index contributed by atoms with van der Waals surface area (Å²) in [5.41, 5.74) is 0. The highest BCUT2D eigenvalue weighted by molar-refractivity contribution is 5.66. The summed E-state index contributed by atoms with van der Waals surface area (Å²) in [4.78, 5) is 10.5. The molecule has 3 N–H and O–H groups in total. The molecule has 0 aliphatic carbocycles. The third kappa shape index (κ3) is 27.6. The molecule has 34 heavy (non-hydrogen) atoms. The Balaban J connectivity index is 3.29. The van der Waals surface area contributed by atoms with Crippen LogP contribution in [0.3, 0.4) is 0 Å². The Morgan fingerprint density at radius 2 is 0.765 bits per heavy atom. The van der Waals surface area contributed by atoms with Crippen LogP contribution in [0.25, 0.3) is 0 Å². The molecule has 4 heteroatoms. The van der Waals surface area contributed by atoms with Gasteiger partial charge in [-0.1, -0.05) is 135 Å². The Morgan fingerprint density at radius 1 is 0.471 bits per heavy atom. The number of aliphatic hydroxyl groups excluding tert-OH is 2. The van der Waals surface area contributed by atoms with E-state index in [1.165, 1.54) is 103 Å². The lowest BCUT2D eigenvalue weighted by Gasteiger charge is -2.14. The van der Waals surface area contributed by atoms with E-state index in [-0.39, 0.29) is 12.2 Å². The number of aliphatic hydroxyl groups is 2. The highest BCUT2D eigenvalue weighted by atomic mass is 16.4. The quantitative estimate of drug-likeness (QED) is 0.0968. The smallest absolute Gasteiger partial charge is 0.303 e. The van der Waals surface area contributed by atoms with E-state index in [0.29, 0.717) is 6.42 Å². The normalized spacial score (nSPS) is 13.3. The SMILES string of the molecule is CCCCCCCCCCCCCCC(O)CCC(O)CCCCCCCCCCCC(=O)O. The Bertz CT molecular complexity index is 413. The second-order valence-electron chi connectivity index (χ2n) is 10.7. The molecule has 2 unspecified atom stereocenters. The molecule has 0 aromatic carbocycles. The van der Waals surface area contributed by atoms with Gasteiger partial charge in [-0.3, -0.25) is 4.79 Å². The van der Waals surface area contributed by atoms with Crippen molar-refractivity contribution in [2.24, 2.45) is 0 Å². The number of carboxylic acids is 1. The standard InChI is InChI=1S/C30H60O4/c1-2-3-4-5-6-7-8-9-11-14-17-20-23-28(31)26-27-29(32)24-21-18-15-12-10-13-16-19-22-25-30(33)34/h28-29,31-32H,2-27H2,1H3,(H,33,34). The molecule has 0 aromatic heterocycles. The third-order valence-corrected chi connectivity index (χ3v) is 7.15. The summed E-state index contributed by atoms with van der Waals surface area (Å²) in [5, 5.41) is 29.0. The monoisotopic (exact) mass is 484 g/mol. The molecule has 0 bridgehead atoms. The minimum absolute atomic E-state index is 0.242. The highest BCUT2D eigenvalue weighted by Crippen LogP contribution is 2.17. The van der Waals surface area contributed by atoms with Crippen molar-refractivity contribution in [3.8, 4) is 0 Å². The summed E-state index contributed by atoms with van der Waals surface area (Å²) in [6.45, 7) is 2.27. The largest absolute Gasteiger partial charge is 0.481 e. The summed E-state index contributed by atoms with van der Waals surface area (Å²) in [5.74, 6) is -0.684. The second kappa shape index (κ2) is 27.0. The van der Waals surface area contributed by atoms with Crippen LogP contribution >= 0.6 is 0 Å². The summed E-state index contributed by atoms with van der Waals surface area (Å²) < 4.78 is 0. The Morgan fingerprint density at radius 3 is 1.09 bits per heavy atom. The lowest BCUT2D eigenvalue weighted by Crippen LogP contribution is -2.13. The van der Waals surface area contributed by atoms with Crippen molar-refractivity contribution >= 4 is 5.97 Å². The van der Waals surface area contributed by atoms with Crippen LogP contribution in [0, 0.1) is 0 Å². The van der Waals surface area contributed by atoms with Gasteiger partial charge in [-0.25, -0.2) is 0 Å². The van der Waals surface area contributed by atoms with Gasteiger partial charge in [-0.15, -0.1) is 0 Å². The van der Waals surface area contributed by atoms with E-state index in [4.69, 9.17) is 5.11 Å². The second-order valence-corrected chi connectivity index (χ2v) is 10.7. The lowest BCUT2D eigenvalue weighted by atomic mass is 9.99. The molecule has 2 atom stereocenters. The molecule has 0 spiro atoms. The van der Waals surface area contributed by atoms with E-state index in [0.717, 1.165) is 57.8 Å². The van der Waals surface area contributed by atoms with Crippen molar-refractivity contribution < 1.29 is 20.1 Å². The number of hydrogen-bond acceptors (Lipinski definition) is 3. The number of hydrogen-bond donors (Lipinski definition) is 3. The maximum atomic E-state index is 10.5. The van der Waals surface area contributed by atoms with Gasteiger partial charge in [-0.2, -0.15) is 0 Å². The number of carbonyl (C=O) groups is 1. The van der Waals surface area contributed by atoms with Crippen molar-refractivity contribution in [1.82, 2.24) is 0 Å². The number of aliphatic carboxylic acids is 1. The zero-order valence-corrected chi connectivity index (χ0v) is 22.8. The minimum atomic E-state index is -0.684. The third-order valence-electron chi connectivity index (χ3n) is 7.15. The van der Waals surface area contributed by atoms with E-state index < -0.39 is 5.97 Å². The molecule has 0 heterocycles. The number of carboxylic acid groups (broad SMARTS) is 1. The van der Waals surface area contributed by atoms with Gasteiger partial charge in [0.1, 0.15) is 0 Å². The van der Waals surface area contributed by atoms with Crippen LogP contribution in [0.1, 0.15) is 174 Å². The molecule has 204 valence electrons. The van der Waals surface area contributed by atoms with Gasteiger partial charge in [0.15, 0.2) is 0 Å². The Hall–Kier alpha value is -0.610. The van der Waals surface area contributed by atoms with Crippen molar-refractivity contribution in [1.29, 1.82) is 0 Å². The van der Waals surface area contributed by atoms with Crippen LogP contribution in [0.2, 0.25) is 0 Å². The minimum Gasteiger partial charge on any atom is -0.481 e. The molecule has 0 saturated heterocycles. The Labute approximate surface area is 212 Å². The van der Waals surface area contributed by atoms with Crippen molar-refractivity contribution in [3.63, 3.8) is 0 Å². The summed E-state index contributed by atoms with van der Waals surface area (Å²) in [6.07, 6.45) is 29.3. The molecule has 0 radical (unpaired) electrons. The lowest BCUT2D eigenvalue weighted by molar-refractivity contribution is -0.137. The highest BCUT2D eigenvalue weighted by Gasteiger charge is 2.09. The van der Waals surface area contributed by atoms with Gasteiger partial charge >= 0.3 is 5.97 Å². The first-order valence-corrected chi connectivity index (χ1v) is 15.1. The molecule has 0 amide bonds. The van der Waals surface area contributed by atoms with Crippen molar-refractivity contribution in [2.45, 2.75) is 186 Å². The first kappa shape index (κ1) is 33.4. The van der Waals surface area contributed by atoms with E-state index in [1.54, 1.807) is 0 Å².